The Bertz CT molecular complexity index is 816. The van der Waals surface area contributed by atoms with Crippen LogP contribution in [0.25, 0.3) is 11.0 Å². The summed E-state index contributed by atoms with van der Waals surface area (Å²) in [6.07, 6.45) is 0. The molecule has 2 aromatic heterocycles. The third-order valence-electron chi connectivity index (χ3n) is 3.29. The smallest absolute Gasteiger partial charge is 0.287 e. The lowest BCUT2D eigenvalue weighted by atomic mass is 10.2. The summed E-state index contributed by atoms with van der Waals surface area (Å²) in [5, 5.41) is 4.24. The molecular formula is C16H14ClNO3. The lowest BCUT2D eigenvalue weighted by molar-refractivity contribution is 0.0925. The zero-order valence-electron chi connectivity index (χ0n) is 11.7. The molecule has 21 heavy (non-hydrogen) atoms. The normalized spacial score (nSPS) is 11.0. The van der Waals surface area contributed by atoms with Gasteiger partial charge in [-0.1, -0.05) is 11.6 Å². The van der Waals surface area contributed by atoms with Crippen LogP contribution in [0.3, 0.4) is 0 Å². The van der Waals surface area contributed by atoms with Gasteiger partial charge in [0.05, 0.1) is 0 Å². The van der Waals surface area contributed by atoms with E-state index in [1.165, 1.54) is 0 Å². The topological polar surface area (TPSA) is 55.4 Å². The first-order valence-corrected chi connectivity index (χ1v) is 6.94. The van der Waals surface area contributed by atoms with E-state index in [2.05, 4.69) is 5.32 Å². The Labute approximate surface area is 126 Å². The number of carbonyl (C=O) groups excluding carboxylic acids is 1. The highest BCUT2D eigenvalue weighted by atomic mass is 35.5. The molecule has 0 atom stereocenters. The van der Waals surface area contributed by atoms with Crippen molar-refractivity contribution in [3.8, 4) is 0 Å². The second kappa shape index (κ2) is 5.30. The van der Waals surface area contributed by atoms with Crippen LogP contribution in [-0.2, 0) is 6.54 Å². The van der Waals surface area contributed by atoms with Crippen LogP contribution in [0.2, 0.25) is 5.02 Å². The highest BCUT2D eigenvalue weighted by molar-refractivity contribution is 6.31. The third kappa shape index (κ3) is 2.81. The van der Waals surface area contributed by atoms with E-state index in [1.807, 2.05) is 19.9 Å². The minimum absolute atomic E-state index is 0.263. The second-order valence-corrected chi connectivity index (χ2v) is 5.35. The number of carbonyl (C=O) groups is 1. The molecule has 0 unspecified atom stereocenters. The predicted octanol–water partition coefficient (Wildman–Crippen LogP) is 4.23. The fourth-order valence-corrected chi connectivity index (χ4v) is 2.43. The molecule has 3 aromatic rings. The van der Waals surface area contributed by atoms with E-state index < -0.39 is 0 Å². The molecule has 0 aliphatic rings. The Morgan fingerprint density at radius 3 is 2.71 bits per heavy atom. The fourth-order valence-electron chi connectivity index (χ4n) is 2.25. The fraction of sp³-hybridized carbons (Fsp3) is 0.188. The number of hydrogen-bond donors (Lipinski definition) is 1. The van der Waals surface area contributed by atoms with Crippen molar-refractivity contribution >= 4 is 28.5 Å². The van der Waals surface area contributed by atoms with Crippen LogP contribution >= 0.6 is 11.6 Å². The number of halogens is 1. The lowest BCUT2D eigenvalue weighted by Crippen LogP contribution is -2.22. The zero-order chi connectivity index (χ0) is 15.0. The molecule has 0 aliphatic carbocycles. The number of nitrogens with one attached hydrogen (secondary N) is 1. The van der Waals surface area contributed by atoms with Crippen LogP contribution < -0.4 is 5.32 Å². The number of fused-ring (bicyclic) bond motifs is 1. The quantitative estimate of drug-likeness (QED) is 0.788. The molecule has 2 heterocycles. The van der Waals surface area contributed by atoms with Crippen molar-refractivity contribution in [3.63, 3.8) is 0 Å². The molecule has 5 heteroatoms. The third-order valence-corrected chi connectivity index (χ3v) is 3.52. The standard InChI is InChI=1S/C16H14ClNO3/c1-9-5-12(10(2)20-9)8-18-16(19)15-7-11-6-13(17)3-4-14(11)21-15/h3-7H,8H2,1-2H3,(H,18,19). The first-order chi connectivity index (χ1) is 10.0. The Kier molecular flexibility index (Phi) is 3.47. The predicted molar refractivity (Wildman–Crippen MR) is 80.6 cm³/mol. The van der Waals surface area contributed by atoms with Crippen molar-refractivity contribution in [1.29, 1.82) is 0 Å². The van der Waals surface area contributed by atoms with Crippen LogP contribution in [-0.4, -0.2) is 5.91 Å². The number of furan rings is 2. The molecule has 4 nitrogen and oxygen atoms in total. The van der Waals surface area contributed by atoms with Crippen molar-refractivity contribution in [1.82, 2.24) is 5.32 Å². The molecule has 1 aromatic carbocycles. The van der Waals surface area contributed by atoms with Crippen LogP contribution in [0.15, 0.2) is 39.2 Å². The maximum atomic E-state index is 12.1. The van der Waals surface area contributed by atoms with Gasteiger partial charge in [0.15, 0.2) is 5.76 Å². The van der Waals surface area contributed by atoms with Gasteiger partial charge in [-0.25, -0.2) is 0 Å². The van der Waals surface area contributed by atoms with Gasteiger partial charge in [-0.15, -0.1) is 0 Å². The zero-order valence-corrected chi connectivity index (χ0v) is 12.5. The summed E-state index contributed by atoms with van der Waals surface area (Å²) in [6.45, 7) is 4.15. The average molecular weight is 304 g/mol. The van der Waals surface area contributed by atoms with E-state index in [0.29, 0.717) is 17.2 Å². The van der Waals surface area contributed by atoms with Crippen molar-refractivity contribution in [2.45, 2.75) is 20.4 Å². The van der Waals surface area contributed by atoms with E-state index in [0.717, 1.165) is 22.5 Å². The molecular weight excluding hydrogens is 290 g/mol. The summed E-state index contributed by atoms with van der Waals surface area (Å²) >= 11 is 5.92. The number of amides is 1. The molecule has 0 saturated heterocycles. The van der Waals surface area contributed by atoms with Crippen LogP contribution in [0, 0.1) is 13.8 Å². The molecule has 0 spiro atoms. The second-order valence-electron chi connectivity index (χ2n) is 4.91. The monoisotopic (exact) mass is 303 g/mol. The van der Waals surface area contributed by atoms with Crippen molar-refractivity contribution in [2.24, 2.45) is 0 Å². The molecule has 0 bridgehead atoms. The first-order valence-electron chi connectivity index (χ1n) is 6.56. The van der Waals surface area contributed by atoms with Gasteiger partial charge < -0.3 is 14.2 Å². The number of benzene rings is 1. The Morgan fingerprint density at radius 1 is 1.19 bits per heavy atom. The Balaban J connectivity index is 1.76. The summed E-state index contributed by atoms with van der Waals surface area (Å²) in [4.78, 5) is 12.1. The van der Waals surface area contributed by atoms with Gasteiger partial charge in [-0.05, 0) is 44.2 Å². The molecule has 3 rings (SSSR count). The van der Waals surface area contributed by atoms with Crippen molar-refractivity contribution in [2.75, 3.05) is 0 Å². The highest BCUT2D eigenvalue weighted by Gasteiger charge is 2.13. The van der Waals surface area contributed by atoms with Gasteiger partial charge in [-0.3, -0.25) is 4.79 Å². The van der Waals surface area contributed by atoms with Gasteiger partial charge >= 0.3 is 0 Å². The first kappa shape index (κ1) is 13.8. The van der Waals surface area contributed by atoms with Crippen molar-refractivity contribution in [3.05, 3.63) is 58.2 Å². The summed E-state index contributed by atoms with van der Waals surface area (Å²) in [6, 6.07) is 8.84. The van der Waals surface area contributed by atoms with E-state index in [4.69, 9.17) is 20.4 Å². The van der Waals surface area contributed by atoms with Gasteiger partial charge in [-0.2, -0.15) is 0 Å². The molecule has 0 fully saturated rings. The average Bonchev–Trinajstić information content (AvgIpc) is 2.98. The van der Waals surface area contributed by atoms with Crippen molar-refractivity contribution < 1.29 is 13.6 Å². The van der Waals surface area contributed by atoms with Crippen LogP contribution in [0.1, 0.15) is 27.6 Å². The maximum absolute atomic E-state index is 12.1. The molecule has 1 amide bonds. The maximum Gasteiger partial charge on any atom is 0.287 e. The molecule has 0 aliphatic heterocycles. The largest absolute Gasteiger partial charge is 0.466 e. The molecule has 0 saturated carbocycles. The van der Waals surface area contributed by atoms with E-state index in [1.54, 1.807) is 24.3 Å². The number of aryl methyl sites for hydroxylation is 2. The molecule has 1 N–H and O–H groups in total. The lowest BCUT2D eigenvalue weighted by Gasteiger charge is -2.01. The summed E-state index contributed by atoms with van der Waals surface area (Å²) in [7, 11) is 0. The molecule has 0 radical (unpaired) electrons. The Morgan fingerprint density at radius 2 is 2.00 bits per heavy atom. The molecule has 108 valence electrons. The van der Waals surface area contributed by atoms with Gasteiger partial charge in [0.2, 0.25) is 0 Å². The Hall–Kier alpha value is -2.20. The van der Waals surface area contributed by atoms with Gasteiger partial charge in [0.1, 0.15) is 17.1 Å². The van der Waals surface area contributed by atoms with Gasteiger partial charge in [0.25, 0.3) is 5.91 Å². The highest BCUT2D eigenvalue weighted by Crippen LogP contribution is 2.23. The van der Waals surface area contributed by atoms with E-state index >= 15 is 0 Å². The van der Waals surface area contributed by atoms with E-state index in [9.17, 15) is 4.79 Å². The summed E-state index contributed by atoms with van der Waals surface area (Å²) in [5.41, 5.74) is 1.60. The SMILES string of the molecule is Cc1cc(CNC(=O)c2cc3cc(Cl)ccc3o2)c(C)o1. The summed E-state index contributed by atoms with van der Waals surface area (Å²) in [5.74, 6) is 1.64. The number of rotatable bonds is 3. The minimum Gasteiger partial charge on any atom is -0.466 e. The van der Waals surface area contributed by atoms with Crippen LogP contribution in [0.4, 0.5) is 0 Å². The van der Waals surface area contributed by atoms with Gasteiger partial charge in [0, 0.05) is 22.5 Å². The van der Waals surface area contributed by atoms with E-state index in [-0.39, 0.29) is 11.7 Å². The summed E-state index contributed by atoms with van der Waals surface area (Å²) < 4.78 is 10.9. The number of hydrogen-bond acceptors (Lipinski definition) is 3. The van der Waals surface area contributed by atoms with Crippen LogP contribution in [0.5, 0.6) is 0 Å². The minimum atomic E-state index is -0.263.